The Morgan fingerprint density at radius 3 is 2.61 bits per heavy atom. The van der Waals surface area contributed by atoms with Crippen LogP contribution in [-0.4, -0.2) is 53.7 Å². The molecule has 33 heavy (non-hydrogen) atoms. The predicted molar refractivity (Wildman–Crippen MR) is 130 cm³/mol. The summed E-state index contributed by atoms with van der Waals surface area (Å²) < 4.78 is 6.08. The molecule has 2 heterocycles. The lowest BCUT2D eigenvalue weighted by molar-refractivity contribution is 0.0236. The van der Waals surface area contributed by atoms with Crippen LogP contribution in [0.2, 0.25) is 5.02 Å². The number of nitriles is 1. The Morgan fingerprint density at radius 2 is 2.00 bits per heavy atom. The van der Waals surface area contributed by atoms with Crippen molar-refractivity contribution in [2.45, 2.75) is 89.4 Å². The molecule has 3 unspecified atom stereocenters. The third-order valence-corrected chi connectivity index (χ3v) is 8.09. The Bertz CT molecular complexity index is 818. The summed E-state index contributed by atoms with van der Waals surface area (Å²) in [5.41, 5.74) is 7.30. The quantitative estimate of drug-likeness (QED) is 0.449. The fourth-order valence-corrected chi connectivity index (χ4v) is 5.83. The van der Waals surface area contributed by atoms with Crippen molar-refractivity contribution in [1.82, 2.24) is 21.1 Å². The van der Waals surface area contributed by atoms with Crippen LogP contribution < -0.4 is 20.9 Å². The summed E-state index contributed by atoms with van der Waals surface area (Å²) in [4.78, 5) is 2.56. The van der Waals surface area contributed by atoms with Crippen LogP contribution in [0.4, 0.5) is 0 Å². The number of halogens is 1. The Balaban J connectivity index is 1.17. The molecular weight excluding hydrogens is 438 g/mol. The Morgan fingerprint density at radius 1 is 1.21 bits per heavy atom. The molecule has 0 spiro atoms. The first-order chi connectivity index (χ1) is 16.0. The fraction of sp³-hybridized carbons (Fsp3) is 0.720. The first-order valence-corrected chi connectivity index (χ1v) is 12.9. The molecule has 1 aromatic rings. The van der Waals surface area contributed by atoms with Gasteiger partial charge in [0.05, 0.1) is 28.9 Å². The standard InChI is InChI=1S/C25H38ClN5O2/c1-3-17-15-31(14-16(17)2)24-11-10-23(29-30-24)25(32)28-19-5-8-20(9-6-19)33-21-7-4-18(13-27)22(26)12-21/h4,7,12,16-17,19-20,23-25,28-30,32H,3,5-6,8-11,14-15H2,1-2H3/t16-,17+,19?,20?,23?,24?,25?/m1/s1. The van der Waals surface area contributed by atoms with Gasteiger partial charge in [-0.2, -0.15) is 5.26 Å². The number of aliphatic hydroxyl groups is 1. The van der Waals surface area contributed by atoms with Gasteiger partial charge in [0.15, 0.2) is 0 Å². The van der Waals surface area contributed by atoms with Crippen LogP contribution in [0, 0.1) is 23.2 Å². The Hall–Kier alpha value is -1.40. The average Bonchev–Trinajstić information content (AvgIpc) is 3.21. The number of likely N-dealkylation sites (tertiary alicyclic amines) is 1. The largest absolute Gasteiger partial charge is 0.490 e. The summed E-state index contributed by atoms with van der Waals surface area (Å²) in [6.45, 7) is 6.98. The van der Waals surface area contributed by atoms with Crippen LogP contribution in [0.3, 0.4) is 0 Å². The van der Waals surface area contributed by atoms with Gasteiger partial charge in [0.25, 0.3) is 0 Å². The molecule has 0 amide bonds. The van der Waals surface area contributed by atoms with Crippen molar-refractivity contribution in [3.63, 3.8) is 0 Å². The van der Waals surface area contributed by atoms with Gasteiger partial charge in [0.1, 0.15) is 18.0 Å². The zero-order chi connectivity index (χ0) is 23.4. The molecule has 1 aliphatic carbocycles. The summed E-state index contributed by atoms with van der Waals surface area (Å²) >= 11 is 6.11. The summed E-state index contributed by atoms with van der Waals surface area (Å²) in [5.74, 6) is 2.26. The zero-order valence-electron chi connectivity index (χ0n) is 19.8. The molecule has 2 saturated heterocycles. The minimum absolute atomic E-state index is 0.0120. The van der Waals surface area contributed by atoms with Crippen molar-refractivity contribution in [1.29, 1.82) is 5.26 Å². The normalized spacial score (nSPS) is 34.0. The topological polar surface area (TPSA) is 92.6 Å². The first-order valence-electron chi connectivity index (χ1n) is 12.5. The first kappa shape index (κ1) is 24.7. The van der Waals surface area contributed by atoms with Crippen LogP contribution in [-0.2, 0) is 0 Å². The number of nitrogens with zero attached hydrogens (tertiary/aromatic N) is 2. The second kappa shape index (κ2) is 11.4. The Kier molecular flexibility index (Phi) is 8.50. The van der Waals surface area contributed by atoms with Crippen molar-refractivity contribution in [2.75, 3.05) is 13.1 Å². The number of benzene rings is 1. The van der Waals surface area contributed by atoms with Gasteiger partial charge in [-0.1, -0.05) is 31.9 Å². The summed E-state index contributed by atoms with van der Waals surface area (Å²) in [5, 5.41) is 23.6. The lowest BCUT2D eigenvalue weighted by Gasteiger charge is -2.39. The van der Waals surface area contributed by atoms with Gasteiger partial charge < -0.3 is 9.84 Å². The average molecular weight is 476 g/mol. The van der Waals surface area contributed by atoms with Crippen molar-refractivity contribution in [3.8, 4) is 11.8 Å². The van der Waals surface area contributed by atoms with Gasteiger partial charge in [-0.3, -0.25) is 10.2 Å². The Labute approximate surface area is 202 Å². The van der Waals surface area contributed by atoms with E-state index in [0.29, 0.717) is 22.5 Å². The molecule has 2 aliphatic heterocycles. The lowest BCUT2D eigenvalue weighted by Crippen LogP contribution is -2.63. The van der Waals surface area contributed by atoms with E-state index in [-0.39, 0.29) is 18.2 Å². The van der Waals surface area contributed by atoms with E-state index in [2.05, 4.69) is 41.0 Å². The van der Waals surface area contributed by atoms with Gasteiger partial charge in [-0.25, -0.2) is 10.9 Å². The van der Waals surface area contributed by atoms with Crippen LogP contribution in [0.1, 0.15) is 64.4 Å². The molecule has 5 atom stereocenters. The van der Waals surface area contributed by atoms with Crippen LogP contribution in [0.5, 0.6) is 5.75 Å². The van der Waals surface area contributed by atoms with Gasteiger partial charge in [-0.05, 0) is 62.5 Å². The van der Waals surface area contributed by atoms with Gasteiger partial charge in [-0.15, -0.1) is 0 Å². The van der Waals surface area contributed by atoms with Crippen molar-refractivity contribution < 1.29 is 9.84 Å². The van der Waals surface area contributed by atoms with Crippen molar-refractivity contribution in [2.24, 2.45) is 11.8 Å². The molecule has 3 fully saturated rings. The highest BCUT2D eigenvalue weighted by atomic mass is 35.5. The number of rotatable bonds is 7. The minimum Gasteiger partial charge on any atom is -0.490 e. The molecule has 182 valence electrons. The third-order valence-electron chi connectivity index (χ3n) is 7.77. The molecule has 4 N–H and O–H groups in total. The van der Waals surface area contributed by atoms with Crippen LogP contribution >= 0.6 is 11.6 Å². The second-order valence-corrected chi connectivity index (χ2v) is 10.5. The molecule has 0 bridgehead atoms. The zero-order valence-corrected chi connectivity index (χ0v) is 20.5. The molecule has 3 aliphatic rings. The minimum atomic E-state index is -0.570. The van der Waals surface area contributed by atoms with E-state index in [1.54, 1.807) is 18.2 Å². The van der Waals surface area contributed by atoms with Gasteiger partial charge >= 0.3 is 0 Å². The number of hydrogen-bond acceptors (Lipinski definition) is 7. The van der Waals surface area contributed by atoms with E-state index in [1.165, 1.54) is 13.0 Å². The highest BCUT2D eigenvalue weighted by molar-refractivity contribution is 6.31. The van der Waals surface area contributed by atoms with Gasteiger partial charge in [0, 0.05) is 25.2 Å². The summed E-state index contributed by atoms with van der Waals surface area (Å²) in [6, 6.07) is 7.58. The van der Waals surface area contributed by atoms with Crippen molar-refractivity contribution >= 4 is 11.6 Å². The smallest absolute Gasteiger partial charge is 0.121 e. The molecule has 4 rings (SSSR count). The number of ether oxygens (including phenoxy) is 1. The predicted octanol–water partition coefficient (Wildman–Crippen LogP) is 3.37. The molecule has 0 aromatic heterocycles. The van der Waals surface area contributed by atoms with E-state index in [0.717, 1.165) is 56.9 Å². The SMILES string of the molecule is CC[C@H]1CN(C2CCC(C(O)NC3CCC(Oc4ccc(C#N)c(Cl)c4)CC3)NN2)C[C@H]1C. The molecule has 8 heteroatoms. The molecule has 0 radical (unpaired) electrons. The van der Waals surface area contributed by atoms with E-state index >= 15 is 0 Å². The highest BCUT2D eigenvalue weighted by Crippen LogP contribution is 2.29. The number of aliphatic hydroxyl groups excluding tert-OH is 1. The molecule has 1 saturated carbocycles. The summed E-state index contributed by atoms with van der Waals surface area (Å²) in [7, 11) is 0. The molecule has 1 aromatic carbocycles. The number of nitrogens with one attached hydrogen (secondary N) is 3. The number of hydrogen-bond donors (Lipinski definition) is 4. The van der Waals surface area contributed by atoms with E-state index in [4.69, 9.17) is 21.6 Å². The van der Waals surface area contributed by atoms with Crippen molar-refractivity contribution in [3.05, 3.63) is 28.8 Å². The van der Waals surface area contributed by atoms with E-state index in [9.17, 15) is 5.11 Å². The van der Waals surface area contributed by atoms with E-state index < -0.39 is 6.23 Å². The third kappa shape index (κ3) is 6.19. The second-order valence-electron chi connectivity index (χ2n) is 10.0. The fourth-order valence-electron chi connectivity index (χ4n) is 5.61. The van der Waals surface area contributed by atoms with Gasteiger partial charge in [0.2, 0.25) is 0 Å². The maximum Gasteiger partial charge on any atom is 0.121 e. The molecule has 7 nitrogen and oxygen atoms in total. The monoisotopic (exact) mass is 475 g/mol. The highest BCUT2D eigenvalue weighted by Gasteiger charge is 2.36. The van der Waals surface area contributed by atoms with E-state index in [1.807, 2.05) is 0 Å². The lowest BCUT2D eigenvalue weighted by atomic mass is 9.92. The maximum atomic E-state index is 10.8. The molecular formula is C25H38ClN5O2. The van der Waals surface area contributed by atoms with Crippen LogP contribution in [0.15, 0.2) is 18.2 Å². The number of hydrazine groups is 1. The van der Waals surface area contributed by atoms with Crippen LogP contribution in [0.25, 0.3) is 0 Å². The summed E-state index contributed by atoms with van der Waals surface area (Å²) in [6.07, 6.45) is 6.93. The maximum absolute atomic E-state index is 10.8.